The van der Waals surface area contributed by atoms with Crippen molar-refractivity contribution in [2.75, 3.05) is 11.9 Å². The second-order valence-corrected chi connectivity index (χ2v) is 7.65. The van der Waals surface area contributed by atoms with E-state index < -0.39 is 11.7 Å². The van der Waals surface area contributed by atoms with Gasteiger partial charge in [0.15, 0.2) is 11.5 Å². The monoisotopic (exact) mass is 452 g/mol. The van der Waals surface area contributed by atoms with Crippen molar-refractivity contribution in [3.8, 4) is 0 Å². The topological polar surface area (TPSA) is 67.7 Å². The minimum absolute atomic E-state index is 0.0227. The number of hydroxylamine groups is 1. The number of nitrogens with zero attached hydrogens (tertiary/aromatic N) is 2. The standard InChI is InChI=1S/C18H15BrClFN4O2/c19-11-3-4-14(13(20)7-11)23-16-12(18(26)24-27-9-10-1-2-10)8-25-6-5-22-17(25)15(16)21/h3-8,10,23H,1-2,9H2,(H,24,26). The Labute approximate surface area is 167 Å². The third-order valence-corrected chi connectivity index (χ3v) is 5.04. The number of rotatable bonds is 6. The number of pyridine rings is 1. The average Bonchev–Trinajstić information content (AvgIpc) is 3.33. The normalized spacial score (nSPS) is 13.7. The molecule has 0 unspecified atom stereocenters. The number of benzene rings is 1. The maximum atomic E-state index is 15.1. The quantitative estimate of drug-likeness (QED) is 0.531. The summed E-state index contributed by atoms with van der Waals surface area (Å²) in [6.07, 6.45) is 6.72. The van der Waals surface area contributed by atoms with E-state index >= 15 is 4.39 Å². The number of imidazole rings is 1. The fourth-order valence-electron chi connectivity index (χ4n) is 2.61. The van der Waals surface area contributed by atoms with Crippen molar-refractivity contribution in [2.45, 2.75) is 12.8 Å². The molecule has 27 heavy (non-hydrogen) atoms. The van der Waals surface area contributed by atoms with Crippen LogP contribution in [0.3, 0.4) is 0 Å². The second-order valence-electron chi connectivity index (χ2n) is 6.32. The molecule has 2 aromatic heterocycles. The first-order valence-corrected chi connectivity index (χ1v) is 9.49. The van der Waals surface area contributed by atoms with Crippen molar-refractivity contribution in [2.24, 2.45) is 5.92 Å². The molecule has 2 N–H and O–H groups in total. The van der Waals surface area contributed by atoms with Gasteiger partial charge < -0.3 is 9.72 Å². The Hall–Kier alpha value is -2.16. The van der Waals surface area contributed by atoms with E-state index in [-0.39, 0.29) is 16.9 Å². The maximum absolute atomic E-state index is 15.1. The lowest BCUT2D eigenvalue weighted by Crippen LogP contribution is -2.26. The van der Waals surface area contributed by atoms with Crippen molar-refractivity contribution >= 4 is 50.5 Å². The minimum Gasteiger partial charge on any atom is -0.351 e. The molecule has 3 aromatic rings. The molecule has 1 fully saturated rings. The van der Waals surface area contributed by atoms with E-state index in [2.05, 4.69) is 31.7 Å². The Morgan fingerprint density at radius 2 is 2.26 bits per heavy atom. The van der Waals surface area contributed by atoms with Crippen molar-refractivity contribution in [1.82, 2.24) is 14.9 Å². The summed E-state index contributed by atoms with van der Waals surface area (Å²) in [6, 6.07) is 5.12. The Bertz CT molecular complexity index is 1020. The molecule has 1 aromatic carbocycles. The zero-order valence-corrected chi connectivity index (χ0v) is 16.3. The van der Waals surface area contributed by atoms with Gasteiger partial charge in [0.05, 0.1) is 28.6 Å². The highest BCUT2D eigenvalue weighted by Crippen LogP contribution is 2.32. The van der Waals surface area contributed by atoms with Gasteiger partial charge in [0.25, 0.3) is 5.91 Å². The lowest BCUT2D eigenvalue weighted by Gasteiger charge is -2.15. The molecule has 0 saturated heterocycles. The Morgan fingerprint density at radius 1 is 1.44 bits per heavy atom. The minimum atomic E-state index is -0.658. The van der Waals surface area contributed by atoms with Gasteiger partial charge in [-0.3, -0.25) is 9.63 Å². The second kappa shape index (κ2) is 7.46. The molecule has 1 amide bonds. The fraction of sp³-hybridized carbons (Fsp3) is 0.222. The van der Waals surface area contributed by atoms with E-state index in [1.165, 1.54) is 16.8 Å². The summed E-state index contributed by atoms with van der Waals surface area (Å²) in [6.45, 7) is 0.447. The number of anilines is 2. The zero-order valence-electron chi connectivity index (χ0n) is 14.0. The number of aromatic nitrogens is 2. The van der Waals surface area contributed by atoms with Gasteiger partial charge in [0.2, 0.25) is 0 Å². The lowest BCUT2D eigenvalue weighted by atomic mass is 10.2. The molecule has 2 heterocycles. The van der Waals surface area contributed by atoms with Gasteiger partial charge in [-0.2, -0.15) is 0 Å². The third kappa shape index (κ3) is 3.92. The Morgan fingerprint density at radius 3 is 3.00 bits per heavy atom. The number of fused-ring (bicyclic) bond motifs is 1. The molecule has 9 heteroatoms. The van der Waals surface area contributed by atoms with Crippen molar-refractivity contribution in [3.63, 3.8) is 0 Å². The van der Waals surface area contributed by atoms with Crippen LogP contribution in [-0.4, -0.2) is 21.9 Å². The van der Waals surface area contributed by atoms with E-state index in [1.54, 1.807) is 24.4 Å². The summed E-state index contributed by atoms with van der Waals surface area (Å²) < 4.78 is 17.3. The lowest BCUT2D eigenvalue weighted by molar-refractivity contribution is 0.0270. The van der Waals surface area contributed by atoms with Gasteiger partial charge in [-0.15, -0.1) is 0 Å². The van der Waals surface area contributed by atoms with E-state index in [4.69, 9.17) is 16.4 Å². The highest BCUT2D eigenvalue weighted by atomic mass is 79.9. The highest BCUT2D eigenvalue weighted by Gasteiger charge is 2.24. The van der Waals surface area contributed by atoms with Crippen LogP contribution < -0.4 is 10.8 Å². The van der Waals surface area contributed by atoms with Gasteiger partial charge >= 0.3 is 0 Å². The number of hydrogen-bond acceptors (Lipinski definition) is 4. The highest BCUT2D eigenvalue weighted by molar-refractivity contribution is 9.10. The third-order valence-electron chi connectivity index (χ3n) is 4.24. The van der Waals surface area contributed by atoms with Gasteiger partial charge in [0.1, 0.15) is 0 Å². The molecule has 6 nitrogen and oxygen atoms in total. The summed E-state index contributed by atoms with van der Waals surface area (Å²) in [5.74, 6) is -0.730. The number of carbonyl (C=O) groups is 1. The number of hydrogen-bond donors (Lipinski definition) is 2. The van der Waals surface area contributed by atoms with Crippen LogP contribution >= 0.6 is 27.5 Å². The summed E-state index contributed by atoms with van der Waals surface area (Å²) in [4.78, 5) is 21.8. The van der Waals surface area contributed by atoms with Crippen molar-refractivity contribution in [1.29, 1.82) is 0 Å². The van der Waals surface area contributed by atoms with Crippen molar-refractivity contribution < 1.29 is 14.0 Å². The molecule has 4 rings (SSSR count). The predicted molar refractivity (Wildman–Crippen MR) is 104 cm³/mol. The largest absolute Gasteiger partial charge is 0.351 e. The van der Waals surface area contributed by atoms with Crippen LogP contribution in [0.4, 0.5) is 15.8 Å². The van der Waals surface area contributed by atoms with Crippen LogP contribution in [0.1, 0.15) is 23.2 Å². The Kier molecular flexibility index (Phi) is 5.03. The van der Waals surface area contributed by atoms with Crippen LogP contribution in [0.25, 0.3) is 5.65 Å². The molecule has 1 aliphatic rings. The Balaban J connectivity index is 1.69. The van der Waals surface area contributed by atoms with Crippen LogP contribution in [0.2, 0.25) is 5.02 Å². The molecule has 140 valence electrons. The molecule has 1 aliphatic carbocycles. The first-order chi connectivity index (χ1) is 13.0. The van der Waals surface area contributed by atoms with Gasteiger partial charge in [-0.25, -0.2) is 14.9 Å². The van der Waals surface area contributed by atoms with E-state index in [9.17, 15) is 4.79 Å². The summed E-state index contributed by atoms with van der Waals surface area (Å²) >= 11 is 9.55. The van der Waals surface area contributed by atoms with Crippen LogP contribution in [0.5, 0.6) is 0 Å². The predicted octanol–water partition coefficient (Wildman–Crippen LogP) is 4.70. The van der Waals surface area contributed by atoms with Crippen molar-refractivity contribution in [3.05, 3.63) is 57.7 Å². The number of halogens is 3. The number of amides is 1. The van der Waals surface area contributed by atoms with Gasteiger partial charge in [-0.1, -0.05) is 27.5 Å². The molecule has 1 saturated carbocycles. The van der Waals surface area contributed by atoms with Gasteiger partial charge in [-0.05, 0) is 37.0 Å². The van der Waals surface area contributed by atoms with Crippen LogP contribution in [0.15, 0.2) is 41.3 Å². The average molecular weight is 454 g/mol. The SMILES string of the molecule is O=C(NOCC1CC1)c1cn2ccnc2c(F)c1Nc1ccc(Br)cc1Cl. The van der Waals surface area contributed by atoms with E-state index in [1.807, 2.05) is 0 Å². The molecule has 0 bridgehead atoms. The number of carbonyl (C=O) groups excluding carboxylic acids is 1. The van der Waals surface area contributed by atoms with E-state index in [0.29, 0.717) is 23.2 Å². The molecule has 0 radical (unpaired) electrons. The maximum Gasteiger partial charge on any atom is 0.278 e. The first-order valence-electron chi connectivity index (χ1n) is 8.32. The molecule has 0 aliphatic heterocycles. The molecular formula is C18H15BrClFN4O2. The summed E-state index contributed by atoms with van der Waals surface area (Å²) in [7, 11) is 0. The summed E-state index contributed by atoms with van der Waals surface area (Å²) in [5.41, 5.74) is 3.00. The zero-order chi connectivity index (χ0) is 19.0. The van der Waals surface area contributed by atoms with Crippen LogP contribution in [0, 0.1) is 11.7 Å². The van der Waals surface area contributed by atoms with Crippen LogP contribution in [-0.2, 0) is 4.84 Å². The van der Waals surface area contributed by atoms with Gasteiger partial charge in [0, 0.05) is 23.1 Å². The first kappa shape index (κ1) is 18.2. The molecule has 0 atom stereocenters. The smallest absolute Gasteiger partial charge is 0.278 e. The molecular weight excluding hydrogens is 439 g/mol. The molecule has 0 spiro atoms. The summed E-state index contributed by atoms with van der Waals surface area (Å²) in [5, 5.41) is 3.29. The van der Waals surface area contributed by atoms with E-state index in [0.717, 1.165) is 17.3 Å². The fourth-order valence-corrected chi connectivity index (χ4v) is 3.33. The number of nitrogens with one attached hydrogen (secondary N) is 2.